The normalized spacial score (nSPS) is 40.5. The summed E-state index contributed by atoms with van der Waals surface area (Å²) in [6.07, 6.45) is 7.31. The van der Waals surface area contributed by atoms with Crippen LogP contribution in [-0.4, -0.2) is 85.5 Å². The van der Waals surface area contributed by atoms with Gasteiger partial charge in [-0.15, -0.1) is 0 Å². The molecule has 2 bridgehead atoms. The van der Waals surface area contributed by atoms with Crippen molar-refractivity contribution >= 4 is 23.9 Å². The Bertz CT molecular complexity index is 1420. The number of ether oxygens (including phenoxy) is 3. The van der Waals surface area contributed by atoms with Crippen LogP contribution < -0.4 is 17.2 Å². The number of hydrogen-bond acceptors (Lipinski definition) is 7. The van der Waals surface area contributed by atoms with Gasteiger partial charge >= 0.3 is 11.9 Å². The van der Waals surface area contributed by atoms with Crippen molar-refractivity contribution in [1.82, 2.24) is 4.90 Å². The molecule has 0 spiro atoms. The molecule has 0 unspecified atom stereocenters. The van der Waals surface area contributed by atoms with Crippen LogP contribution in [0.3, 0.4) is 0 Å². The van der Waals surface area contributed by atoms with E-state index in [2.05, 4.69) is 59.5 Å². The molecule has 3 saturated carbocycles. The van der Waals surface area contributed by atoms with Gasteiger partial charge in [-0.2, -0.15) is 0 Å². The van der Waals surface area contributed by atoms with E-state index in [0.29, 0.717) is 64.6 Å². The van der Waals surface area contributed by atoms with Crippen LogP contribution in [0.4, 0.5) is 0 Å². The maximum absolute atomic E-state index is 13.4. The topological polar surface area (TPSA) is 200 Å². The second-order valence-corrected chi connectivity index (χ2v) is 18.0. The van der Waals surface area contributed by atoms with E-state index in [1.807, 2.05) is 0 Å². The van der Waals surface area contributed by atoms with Gasteiger partial charge < -0.3 is 41.4 Å². The smallest absolute Gasteiger partial charge is 0.307 e. The molecule has 12 nitrogen and oxygen atoms in total. The van der Waals surface area contributed by atoms with Crippen LogP contribution in [0, 0.1) is 62.1 Å². The van der Waals surface area contributed by atoms with Crippen LogP contribution in [0.5, 0.6) is 0 Å². The van der Waals surface area contributed by atoms with Gasteiger partial charge in [-0.1, -0.05) is 60.1 Å². The van der Waals surface area contributed by atoms with Crippen LogP contribution in [0.15, 0.2) is 16.6 Å². The molecule has 288 valence electrons. The number of guanidine groups is 2. The lowest BCUT2D eigenvalue weighted by molar-refractivity contribution is -0.267. The number of nitrogens with zero attached hydrogens (tertiary/aromatic N) is 2. The Hall–Kier alpha value is -2.86. The number of carbonyl (C=O) groups is 2. The third-order valence-electron chi connectivity index (χ3n) is 15.3. The van der Waals surface area contributed by atoms with Crippen molar-refractivity contribution in [3.63, 3.8) is 0 Å². The first-order valence-electron chi connectivity index (χ1n) is 19.2. The van der Waals surface area contributed by atoms with E-state index in [1.165, 1.54) is 12.5 Å². The number of nitrogens with two attached hydrogens (primary N) is 3. The Morgan fingerprint density at radius 3 is 2.39 bits per heavy atom. The quantitative estimate of drug-likeness (QED) is 0.0618. The molecule has 0 radical (unpaired) electrons. The Labute approximate surface area is 305 Å². The number of esters is 1. The van der Waals surface area contributed by atoms with Crippen molar-refractivity contribution in [2.24, 2.45) is 78.9 Å². The third kappa shape index (κ3) is 6.44. The molecule has 5 rings (SSSR count). The summed E-state index contributed by atoms with van der Waals surface area (Å²) in [6.45, 7) is 20.0. The van der Waals surface area contributed by atoms with E-state index in [9.17, 15) is 14.7 Å². The van der Waals surface area contributed by atoms with E-state index in [-0.39, 0.29) is 51.9 Å². The van der Waals surface area contributed by atoms with Crippen molar-refractivity contribution in [3.8, 4) is 0 Å². The number of fused-ring (bicyclic) bond motifs is 3. The maximum Gasteiger partial charge on any atom is 0.307 e. The van der Waals surface area contributed by atoms with Crippen LogP contribution in [0.25, 0.3) is 0 Å². The predicted molar refractivity (Wildman–Crippen MR) is 198 cm³/mol. The monoisotopic (exact) mass is 715 g/mol. The SMILES string of the molecule is CC(=O)O[C@@H]1C[C@@]23COC[C@](C)([C@@H]2CC[C@H]2C3=CC[C@@]3(C)[C@H](C(=O)O)[C@@](C)([C@H](C)C(C)C)CC[C@]23C)[C@H]1OCCN(CCCN=C(N)N)C(=N)N. The summed E-state index contributed by atoms with van der Waals surface area (Å²) < 4.78 is 19.5. The molecule has 4 aliphatic carbocycles. The number of carbonyl (C=O) groups excluding carboxylic acids is 1. The molecule has 1 heterocycles. The van der Waals surface area contributed by atoms with Gasteiger partial charge in [-0.3, -0.25) is 20.0 Å². The summed E-state index contributed by atoms with van der Waals surface area (Å²) in [6, 6.07) is 0. The molecule has 11 atom stereocenters. The van der Waals surface area contributed by atoms with Gasteiger partial charge in [0.05, 0.1) is 25.7 Å². The maximum atomic E-state index is 13.4. The Kier molecular flexibility index (Phi) is 10.9. The van der Waals surface area contributed by atoms with Gasteiger partial charge in [0.1, 0.15) is 12.2 Å². The molecule has 1 aliphatic heterocycles. The van der Waals surface area contributed by atoms with E-state index in [0.717, 1.165) is 25.7 Å². The minimum atomic E-state index is -0.666. The molecule has 0 aromatic heterocycles. The fraction of sp³-hybridized carbons (Fsp3) is 0.846. The predicted octanol–water partition coefficient (Wildman–Crippen LogP) is 4.75. The Morgan fingerprint density at radius 2 is 1.78 bits per heavy atom. The highest BCUT2D eigenvalue weighted by atomic mass is 16.6. The van der Waals surface area contributed by atoms with Crippen molar-refractivity contribution in [3.05, 3.63) is 11.6 Å². The van der Waals surface area contributed by atoms with Crippen molar-refractivity contribution in [2.45, 2.75) is 113 Å². The average molecular weight is 715 g/mol. The molecular formula is C39H66N6O6. The summed E-state index contributed by atoms with van der Waals surface area (Å²) in [4.78, 5) is 31.8. The highest BCUT2D eigenvalue weighted by Crippen LogP contribution is 2.75. The molecule has 51 heavy (non-hydrogen) atoms. The summed E-state index contributed by atoms with van der Waals surface area (Å²) >= 11 is 0. The number of allylic oxidation sites excluding steroid dienone is 1. The van der Waals surface area contributed by atoms with E-state index < -0.39 is 34.9 Å². The van der Waals surface area contributed by atoms with Gasteiger partial charge in [-0.05, 0) is 84.9 Å². The number of carboxylic acids is 1. The Morgan fingerprint density at radius 1 is 1.08 bits per heavy atom. The minimum absolute atomic E-state index is 0.0316. The van der Waals surface area contributed by atoms with Crippen LogP contribution in [0.2, 0.25) is 0 Å². The number of aliphatic imine (C=N–C) groups is 1. The average Bonchev–Trinajstić information content (AvgIpc) is 3.02. The largest absolute Gasteiger partial charge is 0.481 e. The number of nitrogens with one attached hydrogen (secondary N) is 1. The van der Waals surface area contributed by atoms with Gasteiger partial charge in [0.15, 0.2) is 11.9 Å². The van der Waals surface area contributed by atoms with E-state index in [1.54, 1.807) is 4.90 Å². The zero-order valence-corrected chi connectivity index (χ0v) is 32.4. The summed E-state index contributed by atoms with van der Waals surface area (Å²) in [5.41, 5.74) is 16.6. The van der Waals surface area contributed by atoms with Crippen LogP contribution in [0.1, 0.15) is 100 Å². The van der Waals surface area contributed by atoms with Crippen molar-refractivity contribution < 1.29 is 28.9 Å². The zero-order chi connectivity index (χ0) is 37.7. The second-order valence-electron chi connectivity index (χ2n) is 18.0. The lowest BCUT2D eigenvalue weighted by Crippen LogP contribution is -2.70. The van der Waals surface area contributed by atoms with E-state index in [4.69, 9.17) is 36.8 Å². The first-order valence-corrected chi connectivity index (χ1v) is 19.2. The minimum Gasteiger partial charge on any atom is -0.481 e. The molecule has 0 aromatic rings. The summed E-state index contributed by atoms with van der Waals surface area (Å²) in [7, 11) is 0. The number of aliphatic carboxylic acids is 1. The van der Waals surface area contributed by atoms with E-state index >= 15 is 0 Å². The van der Waals surface area contributed by atoms with Crippen molar-refractivity contribution in [2.75, 3.05) is 39.5 Å². The van der Waals surface area contributed by atoms with Gasteiger partial charge in [0, 0.05) is 37.4 Å². The van der Waals surface area contributed by atoms with Gasteiger partial charge in [0.2, 0.25) is 0 Å². The number of hydrogen-bond donors (Lipinski definition) is 5. The van der Waals surface area contributed by atoms with Crippen molar-refractivity contribution in [1.29, 1.82) is 5.41 Å². The number of rotatable bonds is 12. The molecule has 5 aliphatic rings. The molecular weight excluding hydrogens is 648 g/mol. The van der Waals surface area contributed by atoms with Gasteiger partial charge in [0.25, 0.3) is 0 Å². The van der Waals surface area contributed by atoms with Crippen LogP contribution >= 0.6 is 0 Å². The second kappa shape index (κ2) is 14.2. The first kappa shape index (κ1) is 39.3. The summed E-state index contributed by atoms with van der Waals surface area (Å²) in [5.74, 6) is -0.342. The van der Waals surface area contributed by atoms with Crippen LogP contribution in [-0.2, 0) is 23.8 Å². The molecule has 12 heteroatoms. The molecule has 1 saturated heterocycles. The highest BCUT2D eigenvalue weighted by molar-refractivity contribution is 5.76. The Balaban J connectivity index is 1.46. The number of carboxylic acid groups (broad SMARTS) is 1. The molecule has 0 aromatic carbocycles. The third-order valence-corrected chi connectivity index (χ3v) is 15.3. The lowest BCUT2D eigenvalue weighted by Gasteiger charge is -2.71. The molecule has 4 fully saturated rings. The zero-order valence-electron chi connectivity index (χ0n) is 32.4. The standard InChI is InChI=1S/C39H66N6O6/c1-23(2)24(3)35(5)14-15-37(7)26-10-11-29-36(6)21-49-22-39(29,27(26)12-13-38(37,8)30(35)32(47)48)20-28(51-25(4)46)31(36)50-19-18-45(34(42)43)17-9-16-44-33(40)41/h12,23-24,26,28-31H,9-11,13-22H2,1-8H3,(H3,42,43)(H,47,48)(H4,40,41,44)/t24-,26+,28-,29+,30-,31+,35-,36-,37-,38+,39+/m1/s1. The lowest BCUT2D eigenvalue weighted by atomic mass is 9.34. The molecule has 0 amide bonds. The first-order chi connectivity index (χ1) is 23.8. The fourth-order valence-electron chi connectivity index (χ4n) is 12.3. The highest BCUT2D eigenvalue weighted by Gasteiger charge is 2.72. The van der Waals surface area contributed by atoms with Gasteiger partial charge in [-0.25, -0.2) is 0 Å². The molecule has 8 N–H and O–H groups in total. The summed E-state index contributed by atoms with van der Waals surface area (Å²) in [5, 5.41) is 19.1. The fourth-order valence-corrected chi connectivity index (χ4v) is 12.3.